The Labute approximate surface area is 323 Å². The van der Waals surface area contributed by atoms with Crippen molar-refractivity contribution in [2.75, 3.05) is 13.1 Å². The fraction of sp³-hybridized carbons (Fsp3) is 0.150. The molecule has 0 amide bonds. The first kappa shape index (κ1) is 38.9. The molecule has 8 nitrogen and oxygen atoms in total. The molecule has 0 spiro atoms. The molecule has 52 heavy (non-hydrogen) atoms. The summed E-state index contributed by atoms with van der Waals surface area (Å²) in [6.45, 7) is 2.78. The van der Waals surface area contributed by atoms with Crippen LogP contribution in [-0.2, 0) is 13.1 Å². The number of aromatic amines is 2. The van der Waals surface area contributed by atoms with Crippen molar-refractivity contribution in [3.63, 3.8) is 0 Å². The van der Waals surface area contributed by atoms with Crippen molar-refractivity contribution in [3.05, 3.63) is 155 Å². The minimum atomic E-state index is 0. The summed E-state index contributed by atoms with van der Waals surface area (Å²) in [6.07, 6.45) is 7.57. The third-order valence-electron chi connectivity index (χ3n) is 8.70. The number of nitrogens with one attached hydrogen (secondary N) is 4. The first-order valence-corrected chi connectivity index (χ1v) is 18.3. The van der Waals surface area contributed by atoms with Gasteiger partial charge in [0.15, 0.2) is 0 Å². The molecule has 6 heterocycles. The minimum Gasteiger partial charge on any atom is -0.346 e. The zero-order valence-electron chi connectivity index (χ0n) is 28.4. The van der Waals surface area contributed by atoms with Crippen LogP contribution in [0.25, 0.3) is 42.9 Å². The Morgan fingerprint density at radius 2 is 0.962 bits per heavy atom. The molecule has 8 rings (SSSR count). The number of pyridine rings is 2. The number of nitrogens with two attached hydrogens (primary N) is 2. The van der Waals surface area contributed by atoms with E-state index in [1.165, 1.54) is 41.8 Å². The highest BCUT2D eigenvalue weighted by Crippen LogP contribution is 2.34. The number of rotatable bonds is 12. The lowest BCUT2D eigenvalue weighted by Gasteiger charge is -2.16. The fourth-order valence-electron chi connectivity index (χ4n) is 6.08. The van der Waals surface area contributed by atoms with Gasteiger partial charge in [0, 0.05) is 104 Å². The maximum atomic E-state index is 5.95. The standard InChI is InChI=1S/2C20H20N4S.2ClH/c2*21-12-18(14-4-2-1-3-5-14)24-13-15-6-7-19(25-15)16-8-10-22-20-17(16)9-11-23-20;;/h2*1-11,18,24H,12-13,21H2,(H,22,23);2*1H. The van der Waals surface area contributed by atoms with Gasteiger partial charge in [-0.25, -0.2) is 9.97 Å². The van der Waals surface area contributed by atoms with Crippen molar-refractivity contribution in [2.24, 2.45) is 11.5 Å². The lowest BCUT2D eigenvalue weighted by molar-refractivity contribution is 0.545. The predicted octanol–water partition coefficient (Wildman–Crippen LogP) is 9.01. The molecule has 0 radical (unpaired) electrons. The largest absolute Gasteiger partial charge is 0.346 e. The van der Waals surface area contributed by atoms with Gasteiger partial charge in [0.1, 0.15) is 11.3 Å². The van der Waals surface area contributed by atoms with Crippen molar-refractivity contribution in [3.8, 4) is 20.9 Å². The SMILES string of the molecule is Cl.Cl.NCC(NCc1ccc(-c2ccnc3[nH]ccc23)s1)c1ccccc1.NCC(NCc1ccc(-c2ccnc3[nH]ccc23)s1)c1ccccc1. The van der Waals surface area contributed by atoms with Crippen LogP contribution in [0, 0.1) is 0 Å². The Hall–Kier alpha value is -4.36. The van der Waals surface area contributed by atoms with Crippen molar-refractivity contribution in [1.82, 2.24) is 30.6 Å². The molecular weight excluding hydrogens is 728 g/mol. The Morgan fingerprint density at radius 3 is 1.37 bits per heavy atom. The van der Waals surface area contributed by atoms with E-state index in [9.17, 15) is 0 Å². The van der Waals surface area contributed by atoms with E-state index in [4.69, 9.17) is 11.5 Å². The summed E-state index contributed by atoms with van der Waals surface area (Å²) in [7, 11) is 0. The Morgan fingerprint density at radius 1 is 0.538 bits per heavy atom. The third kappa shape index (κ3) is 9.16. The number of fused-ring (bicyclic) bond motifs is 2. The van der Waals surface area contributed by atoms with Gasteiger partial charge in [-0.1, -0.05) is 60.7 Å². The molecule has 0 aliphatic rings. The molecule has 0 bridgehead atoms. The van der Waals surface area contributed by atoms with Gasteiger partial charge in [-0.2, -0.15) is 0 Å². The molecule has 8 aromatic rings. The summed E-state index contributed by atoms with van der Waals surface area (Å²) in [5, 5.41) is 9.45. The van der Waals surface area contributed by atoms with Gasteiger partial charge < -0.3 is 32.1 Å². The summed E-state index contributed by atoms with van der Waals surface area (Å²) in [5.41, 5.74) is 18.6. The van der Waals surface area contributed by atoms with Crippen LogP contribution in [0.15, 0.2) is 134 Å². The summed E-state index contributed by atoms with van der Waals surface area (Å²) in [5.74, 6) is 0. The van der Waals surface area contributed by atoms with E-state index in [-0.39, 0.29) is 36.9 Å². The van der Waals surface area contributed by atoms with Crippen LogP contribution in [0.2, 0.25) is 0 Å². The monoisotopic (exact) mass is 768 g/mol. The van der Waals surface area contributed by atoms with Crippen molar-refractivity contribution >= 4 is 69.6 Å². The van der Waals surface area contributed by atoms with Gasteiger partial charge in [-0.05, 0) is 59.7 Å². The van der Waals surface area contributed by atoms with E-state index in [0.29, 0.717) is 13.1 Å². The lowest BCUT2D eigenvalue weighted by Crippen LogP contribution is -2.27. The molecule has 8 N–H and O–H groups in total. The number of H-pyrrole nitrogens is 2. The molecule has 12 heteroatoms. The van der Waals surface area contributed by atoms with E-state index >= 15 is 0 Å². The molecule has 0 saturated heterocycles. The number of hydrogen-bond acceptors (Lipinski definition) is 8. The van der Waals surface area contributed by atoms with Crippen LogP contribution in [0.5, 0.6) is 0 Å². The smallest absolute Gasteiger partial charge is 0.137 e. The highest BCUT2D eigenvalue weighted by Gasteiger charge is 2.13. The van der Waals surface area contributed by atoms with Gasteiger partial charge in [0.25, 0.3) is 0 Å². The molecule has 0 aliphatic carbocycles. The van der Waals surface area contributed by atoms with Crippen molar-refractivity contribution < 1.29 is 0 Å². The van der Waals surface area contributed by atoms with Crippen LogP contribution in [0.3, 0.4) is 0 Å². The normalized spacial score (nSPS) is 12.0. The first-order chi connectivity index (χ1) is 24.7. The average molecular weight is 770 g/mol. The molecule has 0 fully saturated rings. The molecule has 2 unspecified atom stereocenters. The van der Waals surface area contributed by atoms with Crippen LogP contribution in [0.4, 0.5) is 0 Å². The number of halogens is 2. The first-order valence-electron chi connectivity index (χ1n) is 16.7. The second kappa shape index (κ2) is 18.9. The predicted molar refractivity (Wildman–Crippen MR) is 223 cm³/mol. The lowest BCUT2D eigenvalue weighted by atomic mass is 10.1. The number of aromatic nitrogens is 4. The Kier molecular flexibility index (Phi) is 14.1. The van der Waals surface area contributed by atoms with Crippen LogP contribution in [0.1, 0.15) is 33.0 Å². The van der Waals surface area contributed by atoms with Crippen molar-refractivity contribution in [2.45, 2.75) is 25.2 Å². The minimum absolute atomic E-state index is 0. The molecule has 2 atom stereocenters. The number of nitrogens with zero attached hydrogens (tertiary/aromatic N) is 2. The van der Waals surface area contributed by atoms with Gasteiger partial charge >= 0.3 is 0 Å². The van der Waals surface area contributed by atoms with E-state index in [1.54, 1.807) is 22.7 Å². The Bertz CT molecular complexity index is 2090. The number of benzene rings is 2. The Balaban J connectivity index is 0.000000194. The summed E-state index contributed by atoms with van der Waals surface area (Å²) >= 11 is 3.61. The van der Waals surface area contributed by atoms with E-state index in [2.05, 4.69) is 128 Å². The van der Waals surface area contributed by atoms with Crippen LogP contribution >= 0.6 is 47.5 Å². The van der Waals surface area contributed by atoms with E-state index < -0.39 is 0 Å². The quantitative estimate of drug-likeness (QED) is 0.0735. The highest BCUT2D eigenvalue weighted by molar-refractivity contribution is 7.15. The van der Waals surface area contributed by atoms with Gasteiger partial charge in [0.2, 0.25) is 0 Å². The van der Waals surface area contributed by atoms with Gasteiger partial charge in [-0.3, -0.25) is 0 Å². The van der Waals surface area contributed by atoms with Crippen molar-refractivity contribution in [1.29, 1.82) is 0 Å². The average Bonchev–Trinajstić information content (AvgIpc) is 4.01. The van der Waals surface area contributed by atoms with E-state index in [0.717, 1.165) is 35.2 Å². The van der Waals surface area contributed by atoms with Crippen LogP contribution < -0.4 is 22.1 Å². The summed E-state index contributed by atoms with van der Waals surface area (Å²) < 4.78 is 0. The molecule has 2 aromatic carbocycles. The van der Waals surface area contributed by atoms with Gasteiger partial charge in [-0.15, -0.1) is 47.5 Å². The maximum absolute atomic E-state index is 5.95. The number of thiophene rings is 2. The number of hydrogen-bond donors (Lipinski definition) is 6. The molecule has 0 saturated carbocycles. The summed E-state index contributed by atoms with van der Waals surface area (Å²) in [4.78, 5) is 20.2. The summed E-state index contributed by atoms with van der Waals surface area (Å²) in [6, 6.07) is 38.1. The molecule has 268 valence electrons. The second-order valence-electron chi connectivity index (χ2n) is 11.9. The zero-order chi connectivity index (χ0) is 34.1. The fourth-order valence-corrected chi connectivity index (χ4v) is 8.08. The van der Waals surface area contributed by atoms with Crippen LogP contribution in [-0.4, -0.2) is 33.0 Å². The molecule has 6 aromatic heterocycles. The van der Waals surface area contributed by atoms with Gasteiger partial charge in [0.05, 0.1) is 0 Å². The maximum Gasteiger partial charge on any atom is 0.137 e. The topological polar surface area (TPSA) is 133 Å². The third-order valence-corrected chi connectivity index (χ3v) is 10.9. The zero-order valence-corrected chi connectivity index (χ0v) is 31.6. The molecule has 0 aliphatic heterocycles. The molecular formula is C40H42Cl2N8S2. The second-order valence-corrected chi connectivity index (χ2v) is 14.2. The van der Waals surface area contributed by atoms with E-state index in [1.807, 2.05) is 36.9 Å². The highest BCUT2D eigenvalue weighted by atomic mass is 35.5.